The summed E-state index contributed by atoms with van der Waals surface area (Å²) in [6.07, 6.45) is 5.14. The van der Waals surface area contributed by atoms with Gasteiger partial charge in [-0.1, -0.05) is 6.07 Å². The average molecular weight is 777 g/mol. The second-order valence-corrected chi connectivity index (χ2v) is 14.5. The Morgan fingerprint density at radius 1 is 0.774 bits per heavy atom. The molecule has 2 atom stereocenters. The van der Waals surface area contributed by atoms with Gasteiger partial charge >= 0.3 is 59.1 Å². The molecule has 268 valence electrons. The minimum Gasteiger partial charge on any atom is -0.870 e. The van der Waals surface area contributed by atoms with Crippen LogP contribution in [0.15, 0.2) is 59.1 Å². The van der Waals surface area contributed by atoms with Gasteiger partial charge in [-0.25, -0.2) is 4.98 Å². The standard InChI is InChI=1S/C18H19N3O3S.C18H18N3O3S.2Na.H2O/c2*1-3-23-16-4-6-19-15(11(16)2)10-25(22)18-20-13-8-12-5-7-24-17(12)9-14(13)21-18;;;/h4,6,8-9H,3,5,7,10H2,1-2H3,(H,20,21);4,6,8-9H,3,5,7,10H2,1-2H3;;;1H2/q;-1;2*+1;/p-1. The summed E-state index contributed by atoms with van der Waals surface area (Å²) in [5, 5.41) is 0.795. The molecule has 2 unspecified atom stereocenters. The first kappa shape index (κ1) is 42.9. The van der Waals surface area contributed by atoms with Gasteiger partial charge in [0.25, 0.3) is 0 Å². The van der Waals surface area contributed by atoms with E-state index in [0.717, 1.165) is 91.5 Å². The molecule has 2 aromatic carbocycles. The van der Waals surface area contributed by atoms with Crippen molar-refractivity contribution >= 4 is 43.7 Å². The molecule has 0 saturated carbocycles. The third-order valence-electron chi connectivity index (χ3n) is 8.56. The number of H-pyrrole nitrogens is 1. The number of imidazole rings is 2. The molecule has 0 fully saturated rings. The first-order valence-corrected chi connectivity index (χ1v) is 19.1. The summed E-state index contributed by atoms with van der Waals surface area (Å²) in [7, 11) is -2.68. The number of ether oxygens (including phenoxy) is 4. The van der Waals surface area contributed by atoms with Gasteiger partial charge in [0, 0.05) is 47.6 Å². The van der Waals surface area contributed by atoms with Crippen LogP contribution in [-0.2, 0) is 45.9 Å². The van der Waals surface area contributed by atoms with Crippen molar-refractivity contribution in [2.24, 2.45) is 0 Å². The zero-order chi connectivity index (χ0) is 34.8. The van der Waals surface area contributed by atoms with Gasteiger partial charge in [-0.05, 0) is 74.1 Å². The number of aromatic nitrogens is 6. The number of nitrogens with one attached hydrogen (secondary N) is 1. The van der Waals surface area contributed by atoms with Crippen LogP contribution in [0, 0.1) is 13.8 Å². The maximum atomic E-state index is 12.8. The second-order valence-electron chi connectivity index (χ2n) is 11.8. The molecule has 2 aliphatic rings. The molecular weight excluding hydrogens is 739 g/mol. The molecule has 0 bridgehead atoms. The fraction of sp³-hybridized carbons (Fsp3) is 0.333. The SMILES string of the molecule is CCOc1ccnc(CS(=O)c2nc3cc4c(cc3[n-]2)OCC4)c1C.CCOc1ccnc(CS(=O)c2nc3cc4c(cc3[nH]2)CCO4)c1C.[Na+].[Na+].[OH-]. The quantitative estimate of drug-likeness (QED) is 0.173. The third-order valence-corrected chi connectivity index (χ3v) is 10.8. The minimum absolute atomic E-state index is 0. The Morgan fingerprint density at radius 3 is 1.94 bits per heavy atom. The van der Waals surface area contributed by atoms with Crippen LogP contribution in [0.2, 0.25) is 0 Å². The molecule has 0 amide bonds. The van der Waals surface area contributed by atoms with E-state index in [1.807, 2.05) is 64.1 Å². The van der Waals surface area contributed by atoms with E-state index in [1.54, 1.807) is 12.4 Å². The Morgan fingerprint density at radius 2 is 1.34 bits per heavy atom. The molecule has 0 saturated heterocycles. The van der Waals surface area contributed by atoms with E-state index < -0.39 is 21.6 Å². The number of hydrogen-bond donors (Lipinski definition) is 1. The van der Waals surface area contributed by atoms with Crippen LogP contribution in [0.5, 0.6) is 23.0 Å². The topological polar surface area (TPSA) is 183 Å². The first-order chi connectivity index (χ1) is 24.3. The zero-order valence-electron chi connectivity index (χ0n) is 30.7. The van der Waals surface area contributed by atoms with E-state index in [9.17, 15) is 8.42 Å². The van der Waals surface area contributed by atoms with Crippen LogP contribution >= 0.6 is 0 Å². The molecule has 2 N–H and O–H groups in total. The van der Waals surface area contributed by atoms with E-state index in [4.69, 9.17) is 18.9 Å². The fourth-order valence-electron chi connectivity index (χ4n) is 5.90. The minimum atomic E-state index is -1.37. The van der Waals surface area contributed by atoms with Gasteiger partial charge in [0.05, 0.1) is 82.0 Å². The normalized spacial score (nSPS) is 13.5. The Balaban J connectivity index is 0.000000224. The number of aromatic amines is 1. The van der Waals surface area contributed by atoms with Crippen LogP contribution in [0.3, 0.4) is 0 Å². The second kappa shape index (κ2) is 19.1. The molecule has 0 aliphatic carbocycles. The summed E-state index contributed by atoms with van der Waals surface area (Å²) in [6.45, 7) is 10.3. The number of rotatable bonds is 10. The number of nitrogens with zero attached hydrogens (tertiary/aromatic N) is 5. The maximum absolute atomic E-state index is 12.8. The molecule has 13 nitrogen and oxygen atoms in total. The van der Waals surface area contributed by atoms with Gasteiger partial charge in [0.2, 0.25) is 0 Å². The molecular formula is C36H38N6Na2O7S2. The number of hydrogen-bond acceptors (Lipinski definition) is 11. The van der Waals surface area contributed by atoms with Crippen molar-refractivity contribution in [2.75, 3.05) is 26.4 Å². The smallest absolute Gasteiger partial charge is 0.870 e. The van der Waals surface area contributed by atoms with Crippen LogP contribution in [0.1, 0.15) is 47.5 Å². The molecule has 4 aromatic heterocycles. The maximum Gasteiger partial charge on any atom is 1.00 e. The van der Waals surface area contributed by atoms with Crippen molar-refractivity contribution in [3.8, 4) is 23.0 Å². The van der Waals surface area contributed by atoms with Gasteiger partial charge in [-0.2, -0.15) is 0 Å². The summed E-state index contributed by atoms with van der Waals surface area (Å²) < 4.78 is 47.8. The number of pyridine rings is 2. The number of benzene rings is 2. The first-order valence-electron chi connectivity index (χ1n) is 16.5. The van der Waals surface area contributed by atoms with Gasteiger partial charge in [-0.3, -0.25) is 18.4 Å². The zero-order valence-corrected chi connectivity index (χ0v) is 36.4. The molecule has 2 aliphatic heterocycles. The Bertz CT molecular complexity index is 2030. The summed E-state index contributed by atoms with van der Waals surface area (Å²) in [4.78, 5) is 25.2. The predicted octanol–water partition coefficient (Wildman–Crippen LogP) is -0.724. The Hall–Kier alpha value is -2.86. The third kappa shape index (κ3) is 9.51. The average Bonchev–Trinajstić information content (AvgIpc) is 3.92. The molecule has 0 radical (unpaired) electrons. The molecule has 53 heavy (non-hydrogen) atoms. The monoisotopic (exact) mass is 776 g/mol. The number of fused-ring (bicyclic) bond motifs is 4. The van der Waals surface area contributed by atoms with Gasteiger partial charge in [-0.15, -0.1) is 0 Å². The molecule has 6 heterocycles. The van der Waals surface area contributed by atoms with Crippen molar-refractivity contribution < 1.29 is 92.0 Å². The van der Waals surface area contributed by atoms with E-state index >= 15 is 0 Å². The van der Waals surface area contributed by atoms with E-state index in [-0.39, 0.29) is 70.3 Å². The van der Waals surface area contributed by atoms with Gasteiger partial charge in [0.1, 0.15) is 23.0 Å². The summed E-state index contributed by atoms with van der Waals surface area (Å²) in [5.41, 5.74) is 8.76. The van der Waals surface area contributed by atoms with Crippen LogP contribution in [0.25, 0.3) is 22.1 Å². The predicted molar refractivity (Wildman–Crippen MR) is 192 cm³/mol. The van der Waals surface area contributed by atoms with Crippen molar-refractivity contribution in [3.63, 3.8) is 0 Å². The Labute approximate surface area is 356 Å². The molecule has 6 aromatic rings. The van der Waals surface area contributed by atoms with Gasteiger partial charge in [0.15, 0.2) is 5.16 Å². The summed E-state index contributed by atoms with van der Waals surface area (Å²) >= 11 is 0. The van der Waals surface area contributed by atoms with Crippen molar-refractivity contribution in [2.45, 2.75) is 62.4 Å². The van der Waals surface area contributed by atoms with Crippen LogP contribution in [-0.4, -0.2) is 65.2 Å². The molecule has 0 spiro atoms. The fourth-order valence-corrected chi connectivity index (χ4v) is 8.06. The van der Waals surface area contributed by atoms with Crippen LogP contribution in [0.4, 0.5) is 0 Å². The van der Waals surface area contributed by atoms with E-state index in [0.29, 0.717) is 42.5 Å². The molecule has 8 rings (SSSR count). The van der Waals surface area contributed by atoms with E-state index in [1.165, 1.54) is 0 Å². The van der Waals surface area contributed by atoms with Crippen molar-refractivity contribution in [1.82, 2.24) is 29.9 Å². The summed E-state index contributed by atoms with van der Waals surface area (Å²) in [5.74, 6) is 3.83. The largest absolute Gasteiger partial charge is 1.00 e. The van der Waals surface area contributed by atoms with Crippen molar-refractivity contribution in [3.05, 3.63) is 82.4 Å². The summed E-state index contributed by atoms with van der Waals surface area (Å²) in [6, 6.07) is 11.4. The van der Waals surface area contributed by atoms with E-state index in [2.05, 4.69) is 29.9 Å². The van der Waals surface area contributed by atoms with Crippen molar-refractivity contribution in [1.29, 1.82) is 0 Å². The van der Waals surface area contributed by atoms with Gasteiger partial charge < -0.3 is 39.4 Å². The van der Waals surface area contributed by atoms with Crippen LogP contribution < -0.4 is 83.0 Å². The molecule has 17 heteroatoms. The Kier molecular flexibility index (Phi) is 15.5.